The zero-order chi connectivity index (χ0) is 16.2. The fraction of sp³-hybridized carbons (Fsp3) is 0.263. The summed E-state index contributed by atoms with van der Waals surface area (Å²) in [5.41, 5.74) is 5.14. The summed E-state index contributed by atoms with van der Waals surface area (Å²) in [6.45, 7) is 4.61. The second-order valence-corrected chi connectivity index (χ2v) is 5.60. The monoisotopic (exact) mass is 307 g/mol. The van der Waals surface area contributed by atoms with Gasteiger partial charge >= 0.3 is 0 Å². The van der Waals surface area contributed by atoms with Gasteiger partial charge < -0.3 is 10.4 Å². The summed E-state index contributed by atoms with van der Waals surface area (Å²) in [5, 5.41) is 14.9. The Hall–Kier alpha value is -2.46. The molecule has 0 aliphatic carbocycles. The molecular formula is C19H21N3O. The van der Waals surface area contributed by atoms with Crippen LogP contribution in [0.4, 0.5) is 5.69 Å². The number of fused-ring (bicyclic) bond motifs is 1. The van der Waals surface area contributed by atoms with Gasteiger partial charge in [-0.2, -0.15) is 0 Å². The Morgan fingerprint density at radius 3 is 2.61 bits per heavy atom. The van der Waals surface area contributed by atoms with Crippen LogP contribution in [0.15, 0.2) is 48.8 Å². The molecule has 0 amide bonds. The highest BCUT2D eigenvalue weighted by atomic mass is 16.3. The highest BCUT2D eigenvalue weighted by Crippen LogP contribution is 2.29. The van der Waals surface area contributed by atoms with Crippen molar-refractivity contribution >= 4 is 16.6 Å². The molecule has 0 radical (unpaired) electrons. The summed E-state index contributed by atoms with van der Waals surface area (Å²) in [7, 11) is 0. The largest absolute Gasteiger partial charge is 0.387 e. The van der Waals surface area contributed by atoms with Crippen molar-refractivity contribution in [2.24, 2.45) is 0 Å². The first-order valence-electron chi connectivity index (χ1n) is 7.90. The molecule has 1 aromatic carbocycles. The van der Waals surface area contributed by atoms with E-state index < -0.39 is 6.10 Å². The van der Waals surface area contributed by atoms with Crippen LogP contribution in [0, 0.1) is 6.92 Å². The summed E-state index contributed by atoms with van der Waals surface area (Å²) in [6, 6.07) is 11.8. The standard InChI is InChI=1S/C19H21N3O/c1-3-15-13(2)22-17-7-5-4-6-16(17)19(15)21-12-18(23)14-8-10-20-11-9-14/h4-11,18,23H,3,12H2,1-2H3,(H,21,22). The SMILES string of the molecule is CCc1c(C)nc2ccccc2c1NCC(O)c1ccncc1. The predicted molar refractivity (Wildman–Crippen MR) is 93.5 cm³/mol. The molecule has 0 aliphatic rings. The molecule has 3 rings (SSSR count). The van der Waals surface area contributed by atoms with E-state index in [1.807, 2.05) is 37.3 Å². The zero-order valence-corrected chi connectivity index (χ0v) is 13.5. The number of aromatic nitrogens is 2. The molecule has 23 heavy (non-hydrogen) atoms. The first-order valence-corrected chi connectivity index (χ1v) is 7.90. The van der Waals surface area contributed by atoms with Gasteiger partial charge in [-0.25, -0.2) is 0 Å². The lowest BCUT2D eigenvalue weighted by molar-refractivity contribution is 0.191. The minimum Gasteiger partial charge on any atom is -0.387 e. The Bertz CT molecular complexity index is 802. The number of aliphatic hydroxyl groups excluding tert-OH is 1. The quantitative estimate of drug-likeness (QED) is 0.755. The minimum absolute atomic E-state index is 0.449. The van der Waals surface area contributed by atoms with Gasteiger partial charge in [0.1, 0.15) is 0 Å². The molecule has 4 heteroatoms. The van der Waals surface area contributed by atoms with E-state index in [0.29, 0.717) is 6.54 Å². The van der Waals surface area contributed by atoms with E-state index in [4.69, 9.17) is 0 Å². The number of aryl methyl sites for hydroxylation is 1. The van der Waals surface area contributed by atoms with Gasteiger partial charge in [-0.3, -0.25) is 9.97 Å². The predicted octanol–water partition coefficient (Wildman–Crippen LogP) is 3.65. The molecule has 0 spiro atoms. The van der Waals surface area contributed by atoms with Crippen molar-refractivity contribution in [3.63, 3.8) is 0 Å². The third-order valence-corrected chi connectivity index (χ3v) is 4.12. The molecule has 3 aromatic rings. The van der Waals surface area contributed by atoms with E-state index in [1.54, 1.807) is 12.4 Å². The van der Waals surface area contributed by atoms with E-state index in [2.05, 4.69) is 28.3 Å². The Kier molecular flexibility index (Phi) is 4.53. The maximum atomic E-state index is 10.4. The number of hydrogen-bond donors (Lipinski definition) is 2. The molecule has 0 saturated heterocycles. The molecule has 118 valence electrons. The number of anilines is 1. The molecule has 2 aromatic heterocycles. The van der Waals surface area contributed by atoms with Gasteiger partial charge in [-0.05, 0) is 42.7 Å². The topological polar surface area (TPSA) is 58.0 Å². The van der Waals surface area contributed by atoms with Gasteiger partial charge in [0.25, 0.3) is 0 Å². The van der Waals surface area contributed by atoms with E-state index in [0.717, 1.165) is 34.3 Å². The van der Waals surface area contributed by atoms with Gasteiger partial charge in [0, 0.05) is 35.7 Å². The molecule has 0 aliphatic heterocycles. The number of rotatable bonds is 5. The fourth-order valence-corrected chi connectivity index (χ4v) is 2.91. The van der Waals surface area contributed by atoms with Crippen molar-refractivity contribution in [1.82, 2.24) is 9.97 Å². The second kappa shape index (κ2) is 6.75. The molecule has 0 bridgehead atoms. The number of nitrogens with zero attached hydrogens (tertiary/aromatic N) is 2. The summed E-state index contributed by atoms with van der Waals surface area (Å²) >= 11 is 0. The summed E-state index contributed by atoms with van der Waals surface area (Å²) in [5.74, 6) is 0. The van der Waals surface area contributed by atoms with Crippen molar-refractivity contribution in [3.05, 3.63) is 65.6 Å². The Balaban J connectivity index is 1.92. The van der Waals surface area contributed by atoms with Crippen molar-refractivity contribution in [3.8, 4) is 0 Å². The summed E-state index contributed by atoms with van der Waals surface area (Å²) in [6.07, 6.45) is 3.72. The molecule has 2 heterocycles. The summed E-state index contributed by atoms with van der Waals surface area (Å²) in [4.78, 5) is 8.67. The van der Waals surface area contributed by atoms with Gasteiger partial charge in [0.2, 0.25) is 0 Å². The number of nitrogens with one attached hydrogen (secondary N) is 1. The van der Waals surface area contributed by atoms with Crippen LogP contribution < -0.4 is 5.32 Å². The van der Waals surface area contributed by atoms with Crippen LogP contribution in [0.2, 0.25) is 0 Å². The second-order valence-electron chi connectivity index (χ2n) is 5.60. The van der Waals surface area contributed by atoms with Crippen LogP contribution in [-0.2, 0) is 6.42 Å². The highest BCUT2D eigenvalue weighted by molar-refractivity contribution is 5.93. The Labute approximate surface area is 136 Å². The average Bonchev–Trinajstić information content (AvgIpc) is 2.59. The third kappa shape index (κ3) is 3.17. The molecule has 1 atom stereocenters. The maximum absolute atomic E-state index is 10.4. The number of pyridine rings is 2. The fourth-order valence-electron chi connectivity index (χ4n) is 2.91. The maximum Gasteiger partial charge on any atom is 0.0963 e. The first-order chi connectivity index (χ1) is 11.2. The van der Waals surface area contributed by atoms with Crippen molar-refractivity contribution in [1.29, 1.82) is 0 Å². The van der Waals surface area contributed by atoms with Crippen LogP contribution >= 0.6 is 0 Å². The van der Waals surface area contributed by atoms with Crippen LogP contribution in [0.25, 0.3) is 10.9 Å². The number of para-hydroxylation sites is 1. The number of benzene rings is 1. The lowest BCUT2D eigenvalue weighted by Gasteiger charge is -2.18. The van der Waals surface area contributed by atoms with Gasteiger partial charge in [-0.15, -0.1) is 0 Å². The molecule has 0 saturated carbocycles. The van der Waals surface area contributed by atoms with Gasteiger partial charge in [0.05, 0.1) is 11.6 Å². The lowest BCUT2D eigenvalue weighted by atomic mass is 10.0. The highest BCUT2D eigenvalue weighted by Gasteiger charge is 2.13. The van der Waals surface area contributed by atoms with Crippen LogP contribution in [0.1, 0.15) is 29.8 Å². The van der Waals surface area contributed by atoms with Crippen LogP contribution in [0.3, 0.4) is 0 Å². The molecular weight excluding hydrogens is 286 g/mol. The molecule has 2 N–H and O–H groups in total. The third-order valence-electron chi connectivity index (χ3n) is 4.12. The smallest absolute Gasteiger partial charge is 0.0963 e. The van der Waals surface area contributed by atoms with Crippen molar-refractivity contribution < 1.29 is 5.11 Å². The zero-order valence-electron chi connectivity index (χ0n) is 13.5. The van der Waals surface area contributed by atoms with Crippen molar-refractivity contribution in [2.45, 2.75) is 26.4 Å². The van der Waals surface area contributed by atoms with Crippen LogP contribution in [-0.4, -0.2) is 21.6 Å². The van der Waals surface area contributed by atoms with E-state index >= 15 is 0 Å². The van der Waals surface area contributed by atoms with E-state index in [-0.39, 0.29) is 0 Å². The van der Waals surface area contributed by atoms with Gasteiger partial charge in [0.15, 0.2) is 0 Å². The molecule has 1 unspecified atom stereocenters. The Morgan fingerprint density at radius 1 is 1.13 bits per heavy atom. The molecule has 4 nitrogen and oxygen atoms in total. The van der Waals surface area contributed by atoms with E-state index in [9.17, 15) is 5.11 Å². The van der Waals surface area contributed by atoms with Gasteiger partial charge in [-0.1, -0.05) is 25.1 Å². The van der Waals surface area contributed by atoms with Crippen molar-refractivity contribution in [2.75, 3.05) is 11.9 Å². The average molecular weight is 307 g/mol. The number of aliphatic hydroxyl groups is 1. The molecule has 0 fully saturated rings. The lowest BCUT2D eigenvalue weighted by Crippen LogP contribution is -2.14. The van der Waals surface area contributed by atoms with Crippen LogP contribution in [0.5, 0.6) is 0 Å². The normalized spacial score (nSPS) is 12.3. The Morgan fingerprint density at radius 2 is 1.87 bits per heavy atom. The number of hydrogen-bond acceptors (Lipinski definition) is 4. The van der Waals surface area contributed by atoms with E-state index in [1.165, 1.54) is 5.56 Å². The minimum atomic E-state index is -0.574. The first kappa shape index (κ1) is 15.4. The summed E-state index contributed by atoms with van der Waals surface area (Å²) < 4.78 is 0.